The van der Waals surface area contributed by atoms with Gasteiger partial charge in [0.05, 0.1) is 0 Å². The van der Waals surface area contributed by atoms with E-state index in [1.165, 1.54) is 36.8 Å². The van der Waals surface area contributed by atoms with Gasteiger partial charge in [0.1, 0.15) is 0 Å². The third-order valence-corrected chi connectivity index (χ3v) is 4.73. The lowest BCUT2D eigenvalue weighted by atomic mass is 10.1. The third kappa shape index (κ3) is 9.35. The Balaban J connectivity index is 0.000000261. The van der Waals surface area contributed by atoms with Crippen LogP contribution in [0, 0.1) is 0 Å². The summed E-state index contributed by atoms with van der Waals surface area (Å²) in [6, 6.07) is 22.2. The first-order valence-corrected chi connectivity index (χ1v) is 11.1. The molecule has 0 aliphatic heterocycles. The summed E-state index contributed by atoms with van der Waals surface area (Å²) in [5, 5.41) is 0. The van der Waals surface area contributed by atoms with Crippen molar-refractivity contribution in [3.05, 3.63) is 71.8 Å². The summed E-state index contributed by atoms with van der Waals surface area (Å²) in [5.41, 5.74) is 2.47. The Hall–Kier alpha value is -1.60. The zero-order valence-corrected chi connectivity index (χ0v) is 15.6. The first-order valence-electron chi connectivity index (χ1n) is 8.65. The maximum atomic E-state index is 2.39. The number of rotatable bonds is 7. The van der Waals surface area contributed by atoms with Crippen molar-refractivity contribution >= 4 is 21.7 Å². The van der Waals surface area contributed by atoms with Gasteiger partial charge in [-0.15, -0.1) is 0 Å². The van der Waals surface area contributed by atoms with Crippen molar-refractivity contribution in [1.82, 2.24) is 0 Å². The quantitative estimate of drug-likeness (QED) is 0.331. The van der Waals surface area contributed by atoms with E-state index in [4.69, 9.17) is 0 Å². The maximum absolute atomic E-state index is 2.39. The Bertz CT molecular complexity index is 440. The van der Waals surface area contributed by atoms with E-state index in [-0.39, 0.29) is 0 Å². The van der Waals surface area contributed by atoms with Crippen molar-refractivity contribution in [3.8, 4) is 0 Å². The molecular formula is C21H30Si. The summed E-state index contributed by atoms with van der Waals surface area (Å²) in [7, 11) is 0.386. The van der Waals surface area contributed by atoms with E-state index in [9.17, 15) is 0 Å². The Labute approximate surface area is 139 Å². The molecule has 22 heavy (non-hydrogen) atoms. The van der Waals surface area contributed by atoms with Gasteiger partial charge in [-0.05, 0) is 11.1 Å². The van der Waals surface area contributed by atoms with Gasteiger partial charge in [-0.25, -0.2) is 0 Å². The van der Waals surface area contributed by atoms with Gasteiger partial charge in [-0.2, -0.15) is 0 Å². The lowest BCUT2D eigenvalue weighted by Crippen LogP contribution is -1.80. The van der Waals surface area contributed by atoms with Gasteiger partial charge in [-0.1, -0.05) is 118 Å². The molecule has 0 atom stereocenters. The van der Waals surface area contributed by atoms with Crippen LogP contribution in [-0.4, -0.2) is 9.52 Å². The van der Waals surface area contributed by atoms with E-state index in [1.807, 2.05) is 36.4 Å². The van der Waals surface area contributed by atoms with E-state index in [0.29, 0.717) is 9.52 Å². The summed E-state index contributed by atoms with van der Waals surface area (Å²) in [6.07, 6.45) is 10.1. The van der Waals surface area contributed by atoms with Crippen molar-refractivity contribution in [2.75, 3.05) is 0 Å². The van der Waals surface area contributed by atoms with Crippen LogP contribution in [0.15, 0.2) is 60.7 Å². The van der Waals surface area contributed by atoms with Gasteiger partial charge < -0.3 is 0 Å². The van der Waals surface area contributed by atoms with Gasteiger partial charge in [0, 0.05) is 9.52 Å². The monoisotopic (exact) mass is 310 g/mol. The van der Waals surface area contributed by atoms with Gasteiger partial charge in [0.2, 0.25) is 0 Å². The van der Waals surface area contributed by atoms with Crippen molar-refractivity contribution in [2.24, 2.45) is 0 Å². The van der Waals surface area contributed by atoms with Crippen molar-refractivity contribution < 1.29 is 0 Å². The standard InChI is InChI=1S/C14H12.C7H18Si/c1-3-7-13(8-4-1)11-12-14-9-5-2-6-10-14;1-3-4-5-6-7-8-2/h1-12H;3-8H2,1-2H3. The van der Waals surface area contributed by atoms with E-state index < -0.39 is 0 Å². The molecule has 0 saturated heterocycles. The molecule has 0 unspecified atom stereocenters. The highest BCUT2D eigenvalue weighted by Crippen LogP contribution is 2.07. The summed E-state index contributed by atoms with van der Waals surface area (Å²) in [6.45, 7) is 4.66. The summed E-state index contributed by atoms with van der Waals surface area (Å²) >= 11 is 0. The molecule has 0 N–H and O–H groups in total. The van der Waals surface area contributed by atoms with Crippen LogP contribution in [-0.2, 0) is 0 Å². The Morgan fingerprint density at radius 3 is 1.64 bits per heavy atom. The summed E-state index contributed by atoms with van der Waals surface area (Å²) in [4.78, 5) is 0. The van der Waals surface area contributed by atoms with Crippen LogP contribution in [0.3, 0.4) is 0 Å². The van der Waals surface area contributed by atoms with E-state index in [2.05, 4.69) is 49.9 Å². The van der Waals surface area contributed by atoms with Gasteiger partial charge in [0.15, 0.2) is 0 Å². The fraction of sp³-hybridized carbons (Fsp3) is 0.333. The number of benzene rings is 2. The molecule has 2 aromatic carbocycles. The highest BCUT2D eigenvalue weighted by Gasteiger charge is 1.85. The predicted octanol–water partition coefficient (Wildman–Crippen LogP) is 6.06. The molecule has 2 aromatic rings. The average Bonchev–Trinajstić information content (AvgIpc) is 2.59. The molecule has 118 valence electrons. The SMILES string of the molecule is C(=Cc1ccccc1)c1ccccc1.CCCCCC[SiH2]C. The van der Waals surface area contributed by atoms with Crippen molar-refractivity contribution in [1.29, 1.82) is 0 Å². The topological polar surface area (TPSA) is 0 Å². The van der Waals surface area contributed by atoms with Gasteiger partial charge >= 0.3 is 0 Å². The second-order valence-corrected chi connectivity index (χ2v) is 7.28. The molecule has 0 nitrogen and oxygen atoms in total. The molecule has 0 spiro atoms. The normalized spacial score (nSPS) is 10.8. The van der Waals surface area contributed by atoms with E-state index in [0.717, 1.165) is 0 Å². The Morgan fingerprint density at radius 2 is 1.23 bits per heavy atom. The highest BCUT2D eigenvalue weighted by molar-refractivity contribution is 6.33. The van der Waals surface area contributed by atoms with Crippen LogP contribution in [0.2, 0.25) is 12.6 Å². The molecule has 2 rings (SSSR count). The van der Waals surface area contributed by atoms with E-state index in [1.54, 1.807) is 6.04 Å². The van der Waals surface area contributed by atoms with Crippen LogP contribution in [0.5, 0.6) is 0 Å². The first-order chi connectivity index (χ1) is 10.9. The first kappa shape index (κ1) is 18.4. The lowest BCUT2D eigenvalue weighted by Gasteiger charge is -1.93. The molecule has 0 aromatic heterocycles. The molecule has 1 heteroatoms. The number of unbranched alkanes of at least 4 members (excludes halogenated alkanes) is 3. The molecular weight excluding hydrogens is 280 g/mol. The minimum absolute atomic E-state index is 0.386. The minimum Gasteiger partial charge on any atom is -0.0748 e. The summed E-state index contributed by atoms with van der Waals surface area (Å²) < 4.78 is 0. The molecule has 0 aliphatic carbocycles. The number of hydrogen-bond acceptors (Lipinski definition) is 0. The van der Waals surface area contributed by atoms with Crippen LogP contribution in [0.25, 0.3) is 12.2 Å². The molecule has 0 radical (unpaired) electrons. The molecule has 0 saturated carbocycles. The van der Waals surface area contributed by atoms with Crippen molar-refractivity contribution in [3.63, 3.8) is 0 Å². The minimum atomic E-state index is 0.386. The van der Waals surface area contributed by atoms with Crippen LogP contribution < -0.4 is 0 Å². The summed E-state index contributed by atoms with van der Waals surface area (Å²) in [5.74, 6) is 0. The van der Waals surface area contributed by atoms with Crippen LogP contribution in [0.1, 0.15) is 43.7 Å². The molecule has 0 aliphatic rings. The maximum Gasteiger partial charge on any atom is 0.0166 e. The largest absolute Gasteiger partial charge is 0.0748 e. The van der Waals surface area contributed by atoms with Crippen LogP contribution >= 0.6 is 0 Å². The third-order valence-electron chi connectivity index (χ3n) is 3.52. The van der Waals surface area contributed by atoms with Crippen LogP contribution in [0.4, 0.5) is 0 Å². The molecule has 0 amide bonds. The zero-order chi connectivity index (χ0) is 15.9. The lowest BCUT2D eigenvalue weighted by molar-refractivity contribution is 0.700. The zero-order valence-electron chi connectivity index (χ0n) is 14.2. The Morgan fingerprint density at radius 1 is 0.727 bits per heavy atom. The highest BCUT2D eigenvalue weighted by atomic mass is 28.2. The fourth-order valence-corrected chi connectivity index (χ4v) is 3.03. The fourth-order valence-electron chi connectivity index (χ4n) is 2.17. The van der Waals surface area contributed by atoms with Gasteiger partial charge in [-0.3, -0.25) is 0 Å². The van der Waals surface area contributed by atoms with Crippen molar-refractivity contribution in [2.45, 2.75) is 45.2 Å². The predicted molar refractivity (Wildman–Crippen MR) is 105 cm³/mol. The average molecular weight is 311 g/mol. The number of hydrogen-bond donors (Lipinski definition) is 0. The second-order valence-electron chi connectivity index (χ2n) is 5.57. The molecule has 0 fully saturated rings. The van der Waals surface area contributed by atoms with Gasteiger partial charge in [0.25, 0.3) is 0 Å². The van der Waals surface area contributed by atoms with E-state index >= 15 is 0 Å². The molecule has 0 heterocycles. The second kappa shape index (κ2) is 13.1. The molecule has 0 bridgehead atoms. The smallest absolute Gasteiger partial charge is 0.0166 e. The Kier molecular flexibility index (Phi) is 11.0.